The highest BCUT2D eigenvalue weighted by Gasteiger charge is 2.23. The van der Waals surface area contributed by atoms with E-state index >= 15 is 0 Å². The highest BCUT2D eigenvalue weighted by Crippen LogP contribution is 2.17. The summed E-state index contributed by atoms with van der Waals surface area (Å²) in [5.74, 6) is -1.41. The Hall–Kier alpha value is -3.15. The first-order valence-corrected chi connectivity index (χ1v) is 7.26. The Morgan fingerprint density at radius 3 is 2.50 bits per heavy atom. The fourth-order valence-electron chi connectivity index (χ4n) is 2.21. The van der Waals surface area contributed by atoms with Crippen LogP contribution < -0.4 is 5.32 Å². The molecule has 0 aliphatic rings. The zero-order chi connectivity index (χ0) is 17.5. The summed E-state index contributed by atoms with van der Waals surface area (Å²) in [5, 5.41) is 12.2. The van der Waals surface area contributed by atoms with E-state index in [9.17, 15) is 19.5 Å². The molecule has 0 saturated heterocycles. The minimum Gasteiger partial charge on any atom is -0.507 e. The molecule has 2 rings (SSSR count). The lowest BCUT2D eigenvalue weighted by atomic mass is 10.0. The molecule has 2 N–H and O–H groups in total. The second-order valence-corrected chi connectivity index (χ2v) is 5.13. The fraction of sp³-hybridized carbons (Fsp3) is 0.167. The van der Waals surface area contributed by atoms with Gasteiger partial charge in [-0.15, -0.1) is 0 Å². The van der Waals surface area contributed by atoms with Gasteiger partial charge >= 0.3 is 5.97 Å². The molecule has 1 atom stereocenters. The molecular formula is C18H17NO5. The first-order chi connectivity index (χ1) is 11.5. The van der Waals surface area contributed by atoms with Gasteiger partial charge in [-0.3, -0.25) is 9.59 Å². The molecule has 0 aromatic heterocycles. The highest BCUT2D eigenvalue weighted by molar-refractivity contribution is 5.98. The Morgan fingerprint density at radius 1 is 1.21 bits per heavy atom. The number of methoxy groups -OCH3 is 1. The lowest BCUT2D eigenvalue weighted by molar-refractivity contribution is -0.142. The molecule has 0 bridgehead atoms. The van der Waals surface area contributed by atoms with Gasteiger partial charge in [0.1, 0.15) is 11.8 Å². The Labute approximate surface area is 139 Å². The van der Waals surface area contributed by atoms with Crippen molar-refractivity contribution in [1.82, 2.24) is 5.32 Å². The predicted molar refractivity (Wildman–Crippen MR) is 86.9 cm³/mol. The van der Waals surface area contributed by atoms with Crippen LogP contribution in [-0.4, -0.2) is 36.4 Å². The fourth-order valence-corrected chi connectivity index (χ4v) is 2.21. The van der Waals surface area contributed by atoms with E-state index in [1.807, 2.05) is 30.3 Å². The number of carbonyl (C=O) groups excluding carboxylic acids is 3. The van der Waals surface area contributed by atoms with Gasteiger partial charge in [-0.25, -0.2) is 4.79 Å². The molecular weight excluding hydrogens is 310 g/mol. The van der Waals surface area contributed by atoms with Gasteiger partial charge in [-0.1, -0.05) is 30.3 Å². The zero-order valence-corrected chi connectivity index (χ0v) is 13.1. The summed E-state index contributed by atoms with van der Waals surface area (Å²) >= 11 is 0. The van der Waals surface area contributed by atoms with Crippen LogP contribution in [0.15, 0.2) is 48.5 Å². The monoisotopic (exact) mass is 327 g/mol. The van der Waals surface area contributed by atoms with E-state index in [4.69, 9.17) is 4.74 Å². The molecule has 0 aliphatic carbocycles. The third kappa shape index (κ3) is 4.19. The molecule has 0 unspecified atom stereocenters. The van der Waals surface area contributed by atoms with Crippen LogP contribution >= 0.6 is 0 Å². The number of aromatic hydroxyl groups is 1. The van der Waals surface area contributed by atoms with Crippen LogP contribution in [0.1, 0.15) is 26.3 Å². The van der Waals surface area contributed by atoms with Crippen molar-refractivity contribution in [3.8, 4) is 5.75 Å². The summed E-state index contributed by atoms with van der Waals surface area (Å²) in [6.07, 6.45) is 0.765. The third-order valence-electron chi connectivity index (χ3n) is 3.49. The summed E-state index contributed by atoms with van der Waals surface area (Å²) in [5.41, 5.74) is 1.09. The van der Waals surface area contributed by atoms with Crippen molar-refractivity contribution in [2.24, 2.45) is 0 Å². The smallest absolute Gasteiger partial charge is 0.328 e. The lowest BCUT2D eigenvalue weighted by Gasteiger charge is -2.17. The quantitative estimate of drug-likeness (QED) is 0.622. The normalized spacial score (nSPS) is 11.4. The summed E-state index contributed by atoms with van der Waals surface area (Å²) in [4.78, 5) is 34.9. The molecule has 1 amide bonds. The van der Waals surface area contributed by atoms with Gasteiger partial charge in [-0.05, 0) is 23.8 Å². The van der Waals surface area contributed by atoms with Crippen molar-refractivity contribution in [2.75, 3.05) is 7.11 Å². The molecule has 0 fully saturated rings. The summed E-state index contributed by atoms with van der Waals surface area (Å²) in [6, 6.07) is 12.3. The number of aldehydes is 1. The molecule has 6 heteroatoms. The Balaban J connectivity index is 2.16. The standard InChI is InChI=1S/C18H17NO5/c1-24-18(23)15(9-12-5-3-2-4-6-12)19-17(22)13-7-8-14(11-20)16(21)10-13/h2-8,10-11,15,21H,9H2,1H3,(H,19,22)/t15-/m0/s1. The average molecular weight is 327 g/mol. The van der Waals surface area contributed by atoms with E-state index in [1.54, 1.807) is 0 Å². The number of hydrogen-bond acceptors (Lipinski definition) is 5. The largest absolute Gasteiger partial charge is 0.507 e. The van der Waals surface area contributed by atoms with Gasteiger partial charge in [0.15, 0.2) is 6.29 Å². The van der Waals surface area contributed by atoms with E-state index < -0.39 is 17.9 Å². The van der Waals surface area contributed by atoms with Crippen molar-refractivity contribution >= 4 is 18.2 Å². The van der Waals surface area contributed by atoms with Crippen molar-refractivity contribution in [1.29, 1.82) is 0 Å². The molecule has 0 aliphatic heterocycles. The maximum absolute atomic E-state index is 12.3. The number of phenols is 1. The number of esters is 1. The van der Waals surface area contributed by atoms with E-state index in [1.165, 1.54) is 25.3 Å². The molecule has 2 aromatic rings. The van der Waals surface area contributed by atoms with Gasteiger partial charge in [-0.2, -0.15) is 0 Å². The minimum absolute atomic E-state index is 0.0837. The number of benzene rings is 2. The topological polar surface area (TPSA) is 92.7 Å². The number of amides is 1. The van der Waals surface area contributed by atoms with Crippen molar-refractivity contribution in [3.05, 3.63) is 65.2 Å². The van der Waals surface area contributed by atoms with Crippen LogP contribution in [0.5, 0.6) is 5.75 Å². The molecule has 0 saturated carbocycles. The SMILES string of the molecule is COC(=O)[C@H](Cc1ccccc1)NC(=O)c1ccc(C=O)c(O)c1. The molecule has 24 heavy (non-hydrogen) atoms. The number of ether oxygens (including phenoxy) is 1. The van der Waals surface area contributed by atoms with Gasteiger partial charge < -0.3 is 15.2 Å². The maximum Gasteiger partial charge on any atom is 0.328 e. The Morgan fingerprint density at radius 2 is 1.92 bits per heavy atom. The van der Waals surface area contributed by atoms with E-state index in [-0.39, 0.29) is 23.3 Å². The molecule has 2 aromatic carbocycles. The van der Waals surface area contributed by atoms with Crippen LogP contribution in [0, 0.1) is 0 Å². The second kappa shape index (κ2) is 7.92. The van der Waals surface area contributed by atoms with E-state index in [2.05, 4.69) is 5.32 Å². The summed E-state index contributed by atoms with van der Waals surface area (Å²) in [6.45, 7) is 0. The van der Waals surface area contributed by atoms with Gasteiger partial charge in [0.25, 0.3) is 5.91 Å². The Bertz CT molecular complexity index is 742. The first kappa shape index (κ1) is 17.2. The Kier molecular flexibility index (Phi) is 5.68. The number of hydrogen-bond donors (Lipinski definition) is 2. The molecule has 0 radical (unpaired) electrons. The van der Waals surface area contributed by atoms with Gasteiger partial charge in [0.05, 0.1) is 12.7 Å². The summed E-state index contributed by atoms with van der Waals surface area (Å²) < 4.78 is 4.73. The highest BCUT2D eigenvalue weighted by atomic mass is 16.5. The minimum atomic E-state index is -0.863. The number of rotatable bonds is 6. The van der Waals surface area contributed by atoms with E-state index in [0.29, 0.717) is 6.29 Å². The lowest BCUT2D eigenvalue weighted by Crippen LogP contribution is -2.43. The zero-order valence-electron chi connectivity index (χ0n) is 13.1. The van der Waals surface area contributed by atoms with Crippen LogP contribution in [0.2, 0.25) is 0 Å². The average Bonchev–Trinajstić information content (AvgIpc) is 2.61. The van der Waals surface area contributed by atoms with Crippen LogP contribution in [0.3, 0.4) is 0 Å². The van der Waals surface area contributed by atoms with E-state index in [0.717, 1.165) is 5.56 Å². The molecule has 0 spiro atoms. The predicted octanol–water partition coefficient (Wildman–Crippen LogP) is 1.72. The van der Waals surface area contributed by atoms with Crippen LogP contribution in [0.25, 0.3) is 0 Å². The number of phenolic OH excluding ortho intramolecular Hbond substituents is 1. The van der Waals surface area contributed by atoms with Crippen molar-refractivity contribution in [3.63, 3.8) is 0 Å². The maximum atomic E-state index is 12.3. The summed E-state index contributed by atoms with van der Waals surface area (Å²) in [7, 11) is 1.25. The molecule has 6 nitrogen and oxygen atoms in total. The first-order valence-electron chi connectivity index (χ1n) is 7.26. The van der Waals surface area contributed by atoms with Gasteiger partial charge in [0.2, 0.25) is 0 Å². The van der Waals surface area contributed by atoms with Crippen LogP contribution in [0.4, 0.5) is 0 Å². The number of carbonyl (C=O) groups is 3. The van der Waals surface area contributed by atoms with Crippen molar-refractivity contribution in [2.45, 2.75) is 12.5 Å². The van der Waals surface area contributed by atoms with Crippen LogP contribution in [-0.2, 0) is 16.0 Å². The molecule has 0 heterocycles. The van der Waals surface area contributed by atoms with Crippen molar-refractivity contribution < 1.29 is 24.2 Å². The second-order valence-electron chi connectivity index (χ2n) is 5.13. The number of nitrogens with one attached hydrogen (secondary N) is 1. The molecule has 124 valence electrons. The third-order valence-corrected chi connectivity index (χ3v) is 3.49. The van der Waals surface area contributed by atoms with Gasteiger partial charge in [0, 0.05) is 12.0 Å².